The largest absolute Gasteiger partial charge is 0.478 e. The second-order valence-corrected chi connectivity index (χ2v) is 3.38. The highest BCUT2D eigenvalue weighted by atomic mass is 79.9. The van der Waals surface area contributed by atoms with Crippen molar-refractivity contribution in [3.63, 3.8) is 0 Å². The van der Waals surface area contributed by atoms with Gasteiger partial charge in [0, 0.05) is 10.5 Å². The molecule has 0 aliphatic carbocycles. The second kappa shape index (κ2) is 4.23. The van der Waals surface area contributed by atoms with Gasteiger partial charge in [0.25, 0.3) is 0 Å². The molecule has 3 heteroatoms. The Labute approximate surface area is 85.0 Å². The van der Waals surface area contributed by atoms with Crippen molar-refractivity contribution >= 4 is 28.0 Å². The molecule has 0 amide bonds. The fourth-order valence-electron chi connectivity index (χ4n) is 0.867. The first kappa shape index (κ1) is 9.99. The Kier molecular flexibility index (Phi) is 3.25. The summed E-state index contributed by atoms with van der Waals surface area (Å²) in [6.45, 7) is 3.75. The predicted molar refractivity (Wildman–Crippen MR) is 55.3 cm³/mol. The molecule has 1 aromatic rings. The molecule has 67 valence electrons. The van der Waals surface area contributed by atoms with E-state index in [9.17, 15) is 4.79 Å². The molecule has 0 saturated heterocycles. The minimum atomic E-state index is -0.953. The summed E-state index contributed by atoms with van der Waals surface area (Å²) in [6, 6.07) is 5.47. The number of carboxylic acid groups (broad SMARTS) is 1. The Morgan fingerprint density at radius 3 is 2.77 bits per heavy atom. The molecule has 0 fully saturated rings. The SMILES string of the molecule is [CH2]c1ccc(/C=C/C(=O)O)c(Br)c1. The van der Waals surface area contributed by atoms with E-state index in [2.05, 4.69) is 22.9 Å². The maximum absolute atomic E-state index is 10.2. The zero-order chi connectivity index (χ0) is 9.84. The molecular weight excluding hydrogens is 232 g/mol. The molecule has 1 radical (unpaired) electrons. The molecule has 0 saturated carbocycles. The van der Waals surface area contributed by atoms with Gasteiger partial charge in [-0.25, -0.2) is 4.79 Å². The quantitative estimate of drug-likeness (QED) is 0.807. The van der Waals surface area contributed by atoms with E-state index in [4.69, 9.17) is 5.11 Å². The van der Waals surface area contributed by atoms with Gasteiger partial charge in [-0.3, -0.25) is 0 Å². The molecule has 0 bridgehead atoms. The smallest absolute Gasteiger partial charge is 0.328 e. The monoisotopic (exact) mass is 239 g/mol. The lowest BCUT2D eigenvalue weighted by Crippen LogP contribution is -1.86. The summed E-state index contributed by atoms with van der Waals surface area (Å²) in [6.07, 6.45) is 2.63. The fraction of sp³-hybridized carbons (Fsp3) is 0. The van der Waals surface area contributed by atoms with Gasteiger partial charge in [-0.1, -0.05) is 28.1 Å². The highest BCUT2D eigenvalue weighted by Crippen LogP contribution is 2.19. The van der Waals surface area contributed by atoms with E-state index >= 15 is 0 Å². The van der Waals surface area contributed by atoms with E-state index < -0.39 is 5.97 Å². The van der Waals surface area contributed by atoms with E-state index in [1.807, 2.05) is 18.2 Å². The number of carbonyl (C=O) groups is 1. The van der Waals surface area contributed by atoms with Crippen molar-refractivity contribution in [1.82, 2.24) is 0 Å². The number of rotatable bonds is 2. The Bertz CT molecular complexity index is 356. The minimum Gasteiger partial charge on any atom is -0.478 e. The molecule has 2 nitrogen and oxygen atoms in total. The molecule has 0 unspecified atom stereocenters. The topological polar surface area (TPSA) is 37.3 Å². The van der Waals surface area contributed by atoms with Crippen LogP contribution in [0, 0.1) is 6.92 Å². The number of aliphatic carboxylic acids is 1. The first-order chi connectivity index (χ1) is 6.09. The van der Waals surface area contributed by atoms with Crippen molar-refractivity contribution in [2.24, 2.45) is 0 Å². The molecule has 0 aliphatic heterocycles. The number of hydrogen-bond donors (Lipinski definition) is 1. The lowest BCUT2D eigenvalue weighted by Gasteiger charge is -1.98. The molecule has 0 spiro atoms. The van der Waals surface area contributed by atoms with Gasteiger partial charge in [0.2, 0.25) is 0 Å². The van der Waals surface area contributed by atoms with Crippen molar-refractivity contribution in [3.8, 4) is 0 Å². The van der Waals surface area contributed by atoms with E-state index in [0.717, 1.165) is 21.7 Å². The molecule has 13 heavy (non-hydrogen) atoms. The summed E-state index contributed by atoms with van der Waals surface area (Å²) in [5.74, 6) is -0.953. The van der Waals surface area contributed by atoms with Crippen LogP contribution in [-0.4, -0.2) is 11.1 Å². The standard InChI is InChI=1S/C10H8BrO2/c1-7-2-3-8(9(11)6-7)4-5-10(12)13/h2-6H,1H2,(H,12,13)/b5-4+. The number of halogens is 1. The molecule has 1 N–H and O–H groups in total. The van der Waals surface area contributed by atoms with Gasteiger partial charge in [-0.15, -0.1) is 0 Å². The van der Waals surface area contributed by atoms with E-state index in [1.165, 1.54) is 6.08 Å². The molecule has 0 aromatic heterocycles. The second-order valence-electron chi connectivity index (χ2n) is 2.53. The average Bonchev–Trinajstić information content (AvgIpc) is 2.02. The van der Waals surface area contributed by atoms with Crippen LogP contribution < -0.4 is 0 Å². The Morgan fingerprint density at radius 1 is 1.54 bits per heavy atom. The van der Waals surface area contributed by atoms with Crippen LogP contribution in [0.3, 0.4) is 0 Å². The van der Waals surface area contributed by atoms with E-state index in [-0.39, 0.29) is 0 Å². The number of hydrogen-bond acceptors (Lipinski definition) is 1. The third-order valence-corrected chi connectivity index (χ3v) is 2.16. The van der Waals surface area contributed by atoms with Crippen molar-refractivity contribution in [1.29, 1.82) is 0 Å². The summed E-state index contributed by atoms with van der Waals surface area (Å²) in [5.41, 5.74) is 1.72. The zero-order valence-electron chi connectivity index (χ0n) is 6.83. The normalized spacial score (nSPS) is 10.6. The van der Waals surface area contributed by atoms with Gasteiger partial charge in [0.05, 0.1) is 0 Å². The van der Waals surface area contributed by atoms with Crippen molar-refractivity contribution < 1.29 is 9.90 Å². The third kappa shape index (κ3) is 3.03. The molecule has 0 aliphatic rings. The first-order valence-corrected chi connectivity index (χ1v) is 4.41. The van der Waals surface area contributed by atoms with Crippen LogP contribution in [0.1, 0.15) is 11.1 Å². The summed E-state index contributed by atoms with van der Waals surface area (Å²) >= 11 is 3.31. The summed E-state index contributed by atoms with van der Waals surface area (Å²) in [4.78, 5) is 10.2. The van der Waals surface area contributed by atoms with Crippen molar-refractivity contribution in [2.45, 2.75) is 0 Å². The Balaban J connectivity index is 2.96. The molecule has 0 atom stereocenters. The number of benzene rings is 1. The van der Waals surface area contributed by atoms with Gasteiger partial charge in [0.15, 0.2) is 0 Å². The van der Waals surface area contributed by atoms with Crippen LogP contribution in [0.25, 0.3) is 6.08 Å². The van der Waals surface area contributed by atoms with Gasteiger partial charge in [0.1, 0.15) is 0 Å². The maximum Gasteiger partial charge on any atom is 0.328 e. The van der Waals surface area contributed by atoms with Crippen LogP contribution >= 0.6 is 15.9 Å². The first-order valence-electron chi connectivity index (χ1n) is 3.62. The van der Waals surface area contributed by atoms with Gasteiger partial charge in [-0.2, -0.15) is 0 Å². The van der Waals surface area contributed by atoms with Crippen LogP contribution in [0.5, 0.6) is 0 Å². The zero-order valence-corrected chi connectivity index (χ0v) is 8.41. The summed E-state index contributed by atoms with van der Waals surface area (Å²) < 4.78 is 0.845. The Hall–Kier alpha value is -1.09. The van der Waals surface area contributed by atoms with Crippen molar-refractivity contribution in [2.75, 3.05) is 0 Å². The predicted octanol–water partition coefficient (Wildman–Crippen LogP) is 2.73. The average molecular weight is 240 g/mol. The molecule has 1 rings (SSSR count). The van der Waals surface area contributed by atoms with Crippen molar-refractivity contribution in [3.05, 3.63) is 46.8 Å². The lowest BCUT2D eigenvalue weighted by atomic mass is 10.1. The van der Waals surface area contributed by atoms with Crippen LogP contribution in [0.2, 0.25) is 0 Å². The lowest BCUT2D eigenvalue weighted by molar-refractivity contribution is -0.131. The van der Waals surface area contributed by atoms with Gasteiger partial charge < -0.3 is 5.11 Å². The van der Waals surface area contributed by atoms with E-state index in [0.29, 0.717) is 0 Å². The molecular formula is C10H8BrO2. The van der Waals surface area contributed by atoms with Gasteiger partial charge >= 0.3 is 5.97 Å². The van der Waals surface area contributed by atoms with E-state index in [1.54, 1.807) is 0 Å². The van der Waals surface area contributed by atoms with Crippen LogP contribution in [0.15, 0.2) is 28.7 Å². The summed E-state index contributed by atoms with van der Waals surface area (Å²) in [5, 5.41) is 8.41. The van der Waals surface area contributed by atoms with Crippen LogP contribution in [0.4, 0.5) is 0 Å². The fourth-order valence-corrected chi connectivity index (χ4v) is 1.43. The third-order valence-electron chi connectivity index (χ3n) is 1.47. The summed E-state index contributed by atoms with van der Waals surface area (Å²) in [7, 11) is 0. The highest BCUT2D eigenvalue weighted by Gasteiger charge is 1.96. The van der Waals surface area contributed by atoms with Gasteiger partial charge in [-0.05, 0) is 30.2 Å². The highest BCUT2D eigenvalue weighted by molar-refractivity contribution is 9.10. The minimum absolute atomic E-state index is 0.829. The van der Waals surface area contributed by atoms with Crippen LogP contribution in [-0.2, 0) is 4.79 Å². The maximum atomic E-state index is 10.2. The Morgan fingerprint density at radius 2 is 2.23 bits per heavy atom. The molecule has 0 heterocycles. The number of carboxylic acids is 1. The molecule has 1 aromatic carbocycles.